The number of hydrogen-bond donors (Lipinski definition) is 2. The van der Waals surface area contributed by atoms with Crippen LogP contribution in [0.15, 0.2) is 42.5 Å². The lowest BCUT2D eigenvalue weighted by Gasteiger charge is -2.36. The lowest BCUT2D eigenvalue weighted by Crippen LogP contribution is -2.41. The molecule has 6 heteroatoms. The highest BCUT2D eigenvalue weighted by Crippen LogP contribution is 2.39. The van der Waals surface area contributed by atoms with Crippen molar-refractivity contribution in [2.45, 2.75) is 19.0 Å². The number of rotatable bonds is 2. The van der Waals surface area contributed by atoms with E-state index in [-0.39, 0.29) is 23.7 Å². The van der Waals surface area contributed by atoms with Gasteiger partial charge in [0.25, 0.3) is 5.91 Å². The van der Waals surface area contributed by atoms with Crippen molar-refractivity contribution >= 4 is 34.3 Å². The fraction of sp³-hybridized carbons (Fsp3) is 0.238. The summed E-state index contributed by atoms with van der Waals surface area (Å²) in [7, 11) is 0. The van der Waals surface area contributed by atoms with Gasteiger partial charge in [0.05, 0.1) is 6.04 Å². The summed E-state index contributed by atoms with van der Waals surface area (Å²) < 4.78 is 0. The molecule has 2 amide bonds. The number of carbonyl (C=O) groups excluding carboxylic acids is 2. The number of H-pyrrole nitrogens is 1. The van der Waals surface area contributed by atoms with Gasteiger partial charge in [-0.15, -0.1) is 11.6 Å². The van der Waals surface area contributed by atoms with Gasteiger partial charge in [-0.1, -0.05) is 30.3 Å². The van der Waals surface area contributed by atoms with Crippen LogP contribution in [0, 0.1) is 0 Å². The topological polar surface area (TPSA) is 65.2 Å². The molecule has 3 aromatic rings. The number of para-hydroxylation sites is 1. The molecule has 2 aromatic carbocycles. The van der Waals surface area contributed by atoms with Gasteiger partial charge in [-0.05, 0) is 35.2 Å². The summed E-state index contributed by atoms with van der Waals surface area (Å²) in [6, 6.07) is 13.8. The summed E-state index contributed by atoms with van der Waals surface area (Å²) in [6.45, 7) is 1.15. The van der Waals surface area contributed by atoms with Crippen LogP contribution in [0.5, 0.6) is 0 Å². The Balaban J connectivity index is 1.69. The second-order valence-corrected chi connectivity index (χ2v) is 7.30. The van der Waals surface area contributed by atoms with Crippen molar-refractivity contribution in [3.8, 4) is 0 Å². The van der Waals surface area contributed by atoms with Crippen LogP contribution in [0.1, 0.15) is 38.8 Å². The van der Waals surface area contributed by atoms with Gasteiger partial charge in [-0.25, -0.2) is 0 Å². The molecule has 3 heterocycles. The first-order valence-electron chi connectivity index (χ1n) is 9.03. The Kier molecular flexibility index (Phi) is 3.72. The molecule has 0 aliphatic carbocycles. The van der Waals surface area contributed by atoms with E-state index in [1.165, 1.54) is 10.9 Å². The number of nitrogens with one attached hydrogen (secondary N) is 2. The van der Waals surface area contributed by atoms with Gasteiger partial charge in [0.1, 0.15) is 5.88 Å². The van der Waals surface area contributed by atoms with Crippen molar-refractivity contribution in [2.75, 3.05) is 12.4 Å². The zero-order chi connectivity index (χ0) is 18.5. The Hall–Kier alpha value is -2.79. The number of nitrogens with zero attached hydrogens (tertiary/aromatic N) is 1. The molecule has 0 saturated heterocycles. The van der Waals surface area contributed by atoms with Crippen LogP contribution in [-0.4, -0.2) is 34.1 Å². The lowest BCUT2D eigenvalue weighted by atomic mass is 9.91. The van der Waals surface area contributed by atoms with E-state index in [0.29, 0.717) is 18.7 Å². The molecule has 2 N–H and O–H groups in total. The van der Waals surface area contributed by atoms with Gasteiger partial charge >= 0.3 is 0 Å². The summed E-state index contributed by atoms with van der Waals surface area (Å²) in [4.78, 5) is 29.8. The number of carbonyl (C=O) groups is 2. The van der Waals surface area contributed by atoms with Gasteiger partial charge in [0.2, 0.25) is 5.91 Å². The first kappa shape index (κ1) is 16.4. The van der Waals surface area contributed by atoms with Crippen LogP contribution in [-0.2, 0) is 17.8 Å². The Labute approximate surface area is 161 Å². The van der Waals surface area contributed by atoms with E-state index in [1.807, 2.05) is 35.2 Å². The number of alkyl halides is 1. The van der Waals surface area contributed by atoms with Crippen molar-refractivity contribution in [1.82, 2.24) is 15.2 Å². The smallest absolute Gasteiger partial charge is 0.251 e. The first-order valence-corrected chi connectivity index (χ1v) is 9.57. The zero-order valence-corrected chi connectivity index (χ0v) is 15.3. The molecule has 0 spiro atoms. The molecule has 0 radical (unpaired) electrons. The van der Waals surface area contributed by atoms with E-state index < -0.39 is 0 Å². The normalized spacial score (nSPS) is 18.3. The Morgan fingerprint density at radius 1 is 1.22 bits per heavy atom. The van der Waals surface area contributed by atoms with Gasteiger partial charge in [0, 0.05) is 35.2 Å². The summed E-state index contributed by atoms with van der Waals surface area (Å²) in [6.07, 6.45) is 0.795. The summed E-state index contributed by atoms with van der Waals surface area (Å²) in [5, 5.41) is 4.05. The van der Waals surface area contributed by atoms with Crippen molar-refractivity contribution in [3.63, 3.8) is 0 Å². The lowest BCUT2D eigenvalue weighted by molar-refractivity contribution is -0.130. The minimum atomic E-state index is -0.228. The second-order valence-electron chi connectivity index (χ2n) is 7.04. The van der Waals surface area contributed by atoms with E-state index in [9.17, 15) is 9.59 Å². The molecule has 5 rings (SSSR count). The Morgan fingerprint density at radius 2 is 2.07 bits per heavy atom. The van der Waals surface area contributed by atoms with Crippen LogP contribution in [0.4, 0.5) is 0 Å². The number of benzene rings is 2. The average Bonchev–Trinajstić information content (AvgIpc) is 3.26. The maximum atomic E-state index is 12.6. The van der Waals surface area contributed by atoms with Gasteiger partial charge < -0.3 is 15.2 Å². The van der Waals surface area contributed by atoms with E-state index in [1.54, 1.807) is 0 Å². The predicted molar refractivity (Wildman–Crippen MR) is 104 cm³/mol. The van der Waals surface area contributed by atoms with E-state index in [2.05, 4.69) is 22.4 Å². The van der Waals surface area contributed by atoms with Crippen molar-refractivity contribution in [1.29, 1.82) is 0 Å². The average molecular weight is 380 g/mol. The molecule has 0 bridgehead atoms. The van der Waals surface area contributed by atoms with E-state index >= 15 is 0 Å². The summed E-state index contributed by atoms with van der Waals surface area (Å²) >= 11 is 5.90. The SMILES string of the molecule is O=C1NCc2cc([C@H]3c4[nH]c5ccccc5c4CCN3C(=O)CCl)ccc21. The molecule has 2 aliphatic heterocycles. The molecule has 1 atom stereocenters. The molecule has 0 saturated carbocycles. The molecular weight excluding hydrogens is 362 g/mol. The maximum Gasteiger partial charge on any atom is 0.251 e. The molecule has 27 heavy (non-hydrogen) atoms. The van der Waals surface area contributed by atoms with Crippen LogP contribution in [0.3, 0.4) is 0 Å². The van der Waals surface area contributed by atoms with Gasteiger partial charge in [-0.3, -0.25) is 9.59 Å². The van der Waals surface area contributed by atoms with Crippen molar-refractivity contribution < 1.29 is 9.59 Å². The van der Waals surface area contributed by atoms with Gasteiger partial charge in [0.15, 0.2) is 0 Å². The third-order valence-electron chi connectivity index (χ3n) is 5.60. The Morgan fingerprint density at radius 3 is 2.93 bits per heavy atom. The largest absolute Gasteiger partial charge is 0.356 e. The summed E-state index contributed by atoms with van der Waals surface area (Å²) in [5.74, 6) is -0.169. The number of hydrogen-bond acceptors (Lipinski definition) is 2. The van der Waals surface area contributed by atoms with Crippen LogP contribution in [0.2, 0.25) is 0 Å². The Bertz CT molecular complexity index is 1090. The van der Waals surface area contributed by atoms with Crippen LogP contribution < -0.4 is 5.32 Å². The third-order valence-corrected chi connectivity index (χ3v) is 5.83. The maximum absolute atomic E-state index is 12.6. The number of fused-ring (bicyclic) bond motifs is 4. The highest BCUT2D eigenvalue weighted by Gasteiger charge is 2.34. The monoisotopic (exact) mass is 379 g/mol. The first-order chi connectivity index (χ1) is 13.2. The molecular formula is C21H18ClN3O2. The number of halogens is 1. The standard InChI is InChI=1S/C21H18ClN3O2/c22-10-18(26)25-8-7-16-15-3-1-2-4-17(15)24-19(16)20(25)12-5-6-14-13(9-12)11-23-21(14)27/h1-6,9,20,24H,7-8,10-11H2,(H,23,27)/t20-/m0/s1. The fourth-order valence-corrected chi connectivity index (χ4v) is 4.51. The third kappa shape index (κ3) is 2.46. The molecule has 136 valence electrons. The van der Waals surface area contributed by atoms with Crippen molar-refractivity contribution in [3.05, 3.63) is 70.4 Å². The molecule has 5 nitrogen and oxygen atoms in total. The highest BCUT2D eigenvalue weighted by atomic mass is 35.5. The number of aromatic nitrogens is 1. The zero-order valence-electron chi connectivity index (χ0n) is 14.6. The molecule has 2 aliphatic rings. The fourth-order valence-electron chi connectivity index (χ4n) is 4.36. The van der Waals surface area contributed by atoms with Gasteiger partial charge in [-0.2, -0.15) is 0 Å². The summed E-state index contributed by atoms with van der Waals surface area (Å²) in [5.41, 5.74) is 6.05. The molecule has 0 unspecified atom stereocenters. The van der Waals surface area contributed by atoms with E-state index in [0.717, 1.165) is 28.8 Å². The van der Waals surface area contributed by atoms with Crippen molar-refractivity contribution in [2.24, 2.45) is 0 Å². The van der Waals surface area contributed by atoms with Crippen LogP contribution in [0.25, 0.3) is 10.9 Å². The highest BCUT2D eigenvalue weighted by molar-refractivity contribution is 6.27. The molecule has 1 aromatic heterocycles. The number of aromatic amines is 1. The minimum absolute atomic E-state index is 0.0415. The quantitative estimate of drug-likeness (QED) is 0.672. The molecule has 0 fully saturated rings. The second kappa shape index (κ2) is 6.13. The van der Waals surface area contributed by atoms with E-state index in [4.69, 9.17) is 11.6 Å². The predicted octanol–water partition coefficient (Wildman–Crippen LogP) is 3.12. The van der Waals surface area contributed by atoms with Crippen LogP contribution >= 0.6 is 11.6 Å². The minimum Gasteiger partial charge on any atom is -0.356 e. The number of amides is 2.